The summed E-state index contributed by atoms with van der Waals surface area (Å²) in [6.07, 6.45) is 9.47. The van der Waals surface area contributed by atoms with Crippen molar-refractivity contribution in [2.24, 2.45) is 34.0 Å². The Kier molecular flexibility index (Phi) is 4.88. The van der Waals surface area contributed by atoms with Crippen molar-refractivity contribution in [2.45, 2.75) is 45.3 Å². The molecule has 182 valence electrons. The summed E-state index contributed by atoms with van der Waals surface area (Å²) in [5.41, 5.74) is -0.902. The Balaban J connectivity index is 1.40. The Morgan fingerprint density at radius 3 is 2.89 bits per heavy atom. The molecule has 4 bridgehead atoms. The number of esters is 1. The minimum atomic E-state index is -1.43. The van der Waals surface area contributed by atoms with Gasteiger partial charge in [-0.25, -0.2) is 9.78 Å². The molecule has 1 saturated heterocycles. The van der Waals surface area contributed by atoms with Gasteiger partial charge >= 0.3 is 5.97 Å². The highest BCUT2D eigenvalue weighted by atomic mass is 35.5. The number of nitrogens with zero attached hydrogens (tertiary/aromatic N) is 1. The molecule has 6 rings (SSSR count). The van der Waals surface area contributed by atoms with E-state index in [1.165, 1.54) is 6.08 Å². The van der Waals surface area contributed by atoms with E-state index in [2.05, 4.69) is 37.6 Å². The monoisotopic (exact) mass is 493 g/mol. The van der Waals surface area contributed by atoms with E-state index in [9.17, 15) is 14.4 Å². The zero-order valence-corrected chi connectivity index (χ0v) is 20.6. The molecule has 1 spiro atoms. The van der Waals surface area contributed by atoms with E-state index in [-0.39, 0.29) is 34.7 Å². The van der Waals surface area contributed by atoms with Crippen LogP contribution >= 0.6 is 11.6 Å². The van der Waals surface area contributed by atoms with Crippen molar-refractivity contribution in [3.8, 4) is 0 Å². The third-order valence-corrected chi connectivity index (χ3v) is 9.48. The van der Waals surface area contributed by atoms with Crippen molar-refractivity contribution >= 4 is 35.2 Å². The molecule has 3 saturated carbocycles. The molecule has 7 atom stereocenters. The third kappa shape index (κ3) is 2.87. The summed E-state index contributed by atoms with van der Waals surface area (Å²) in [5, 5.41) is 0.315. The van der Waals surface area contributed by atoms with Gasteiger partial charge in [-0.05, 0) is 59.9 Å². The van der Waals surface area contributed by atoms with Gasteiger partial charge in [0.1, 0.15) is 22.8 Å². The molecule has 35 heavy (non-hydrogen) atoms. The standard InChI is InChI=1S/C28H28ClNO5/c1-15-17-6-7-18-27-11-4-10-26(2,3)22(27)21(34-14-27)24(33)28(18,23(15)32)25(17)35-20(31)8-5-16-9-12-30-19(29)13-16/h4-5,8-9,11-13,17-18,21-22,25H,1,6-7,10,14H2,2-3H3/b8-5+/t17-,18-,21+,22+,25+,27+,28+/m0/s1. The first-order valence-corrected chi connectivity index (χ1v) is 12.6. The molecule has 1 aromatic heterocycles. The number of pyridine rings is 1. The first-order chi connectivity index (χ1) is 16.6. The number of allylic oxidation sites excluding steroid dienone is 1. The molecule has 1 aliphatic heterocycles. The van der Waals surface area contributed by atoms with Crippen molar-refractivity contribution in [3.63, 3.8) is 0 Å². The molecule has 0 aromatic carbocycles. The van der Waals surface area contributed by atoms with Crippen LogP contribution in [0.4, 0.5) is 0 Å². The van der Waals surface area contributed by atoms with Crippen LogP contribution in [0, 0.1) is 34.0 Å². The van der Waals surface area contributed by atoms with Gasteiger partial charge in [0.05, 0.1) is 6.61 Å². The maximum atomic E-state index is 14.3. The first-order valence-electron chi connectivity index (χ1n) is 12.2. The molecule has 2 heterocycles. The summed E-state index contributed by atoms with van der Waals surface area (Å²) < 4.78 is 12.2. The first kappa shape index (κ1) is 22.9. The zero-order valence-electron chi connectivity index (χ0n) is 19.8. The minimum absolute atomic E-state index is 0.00553. The molecule has 7 heteroatoms. The molecule has 1 aromatic rings. The van der Waals surface area contributed by atoms with Crippen molar-refractivity contribution in [1.29, 1.82) is 0 Å². The number of ketones is 2. The topological polar surface area (TPSA) is 82.6 Å². The van der Waals surface area contributed by atoms with Crippen molar-refractivity contribution in [1.82, 2.24) is 4.98 Å². The van der Waals surface area contributed by atoms with Gasteiger partial charge in [0.2, 0.25) is 0 Å². The average Bonchev–Trinajstić information content (AvgIpc) is 3.23. The highest BCUT2D eigenvalue weighted by Gasteiger charge is 2.80. The number of aromatic nitrogens is 1. The SMILES string of the molecule is C=C1C(=O)[C@@]23C(=O)[C@@H]4OC[C@]5(C=CCC(C)(C)[C@@H]45)[C@@H]2CC[C@@H]1[C@H]3OC(=O)/C=C/c1ccnc(Cl)c1. The van der Waals surface area contributed by atoms with E-state index in [0.29, 0.717) is 35.7 Å². The Morgan fingerprint density at radius 2 is 2.11 bits per heavy atom. The predicted molar refractivity (Wildman–Crippen MR) is 129 cm³/mol. The number of carbonyl (C=O) groups is 3. The van der Waals surface area contributed by atoms with E-state index in [4.69, 9.17) is 21.1 Å². The quantitative estimate of drug-likeness (QED) is 0.204. The largest absolute Gasteiger partial charge is 0.457 e. The number of halogens is 1. The molecule has 0 N–H and O–H groups in total. The number of rotatable bonds is 3. The molecule has 0 radical (unpaired) electrons. The second-order valence-corrected chi connectivity index (χ2v) is 11.7. The van der Waals surface area contributed by atoms with Gasteiger partial charge in [-0.2, -0.15) is 0 Å². The molecule has 0 unspecified atom stereocenters. The average molecular weight is 494 g/mol. The Bertz CT molecular complexity index is 1230. The van der Waals surface area contributed by atoms with Gasteiger partial charge in [0.15, 0.2) is 11.6 Å². The molecular formula is C28H28ClNO5. The van der Waals surface area contributed by atoms with Crippen LogP contribution in [0.15, 0.2) is 48.7 Å². The molecule has 4 aliphatic carbocycles. The molecule has 4 fully saturated rings. The normalized spacial score (nSPS) is 40.7. The number of carbonyl (C=O) groups excluding carboxylic acids is 3. The summed E-state index contributed by atoms with van der Waals surface area (Å²) in [5.74, 6) is -1.73. The van der Waals surface area contributed by atoms with E-state index < -0.39 is 29.0 Å². The number of ether oxygens (including phenoxy) is 2. The van der Waals surface area contributed by atoms with Gasteiger partial charge in [0.25, 0.3) is 0 Å². The van der Waals surface area contributed by atoms with Crippen LogP contribution < -0.4 is 0 Å². The highest BCUT2D eigenvalue weighted by molar-refractivity contribution is 6.29. The predicted octanol–water partition coefficient (Wildman–Crippen LogP) is 4.38. The fraction of sp³-hybridized carbons (Fsp3) is 0.500. The van der Waals surface area contributed by atoms with Gasteiger partial charge < -0.3 is 9.47 Å². The second kappa shape index (κ2) is 7.47. The fourth-order valence-corrected chi connectivity index (χ4v) is 8.24. The summed E-state index contributed by atoms with van der Waals surface area (Å²) in [7, 11) is 0. The second-order valence-electron chi connectivity index (χ2n) is 11.3. The third-order valence-electron chi connectivity index (χ3n) is 9.27. The number of Topliss-reactive ketones (excluding diaryl/α,β-unsaturated/α-hetero) is 2. The van der Waals surface area contributed by atoms with Crippen molar-refractivity contribution in [3.05, 3.63) is 59.4 Å². The van der Waals surface area contributed by atoms with Crippen LogP contribution in [0.1, 0.15) is 38.7 Å². The van der Waals surface area contributed by atoms with Gasteiger partial charge in [-0.1, -0.05) is 44.2 Å². The van der Waals surface area contributed by atoms with Crippen LogP contribution in [-0.2, 0) is 23.9 Å². The summed E-state index contributed by atoms with van der Waals surface area (Å²) in [4.78, 5) is 45.1. The molecule has 5 aliphatic rings. The molecule has 0 amide bonds. The number of hydrogen-bond donors (Lipinski definition) is 0. The highest BCUT2D eigenvalue weighted by Crippen LogP contribution is 2.71. The van der Waals surface area contributed by atoms with E-state index in [0.717, 1.165) is 6.42 Å². The number of hydrogen-bond acceptors (Lipinski definition) is 6. The summed E-state index contributed by atoms with van der Waals surface area (Å²) in [6.45, 7) is 8.84. The van der Waals surface area contributed by atoms with Crippen LogP contribution in [0.2, 0.25) is 5.15 Å². The smallest absolute Gasteiger partial charge is 0.331 e. The van der Waals surface area contributed by atoms with E-state index >= 15 is 0 Å². The lowest BCUT2D eigenvalue weighted by Crippen LogP contribution is -2.68. The van der Waals surface area contributed by atoms with Crippen LogP contribution in [0.25, 0.3) is 6.08 Å². The molecular weight excluding hydrogens is 466 g/mol. The van der Waals surface area contributed by atoms with Crippen molar-refractivity contribution < 1.29 is 23.9 Å². The zero-order chi connectivity index (χ0) is 24.8. The van der Waals surface area contributed by atoms with Gasteiger partial charge in [-0.3, -0.25) is 9.59 Å². The number of fused-ring (bicyclic) bond motifs is 1. The maximum absolute atomic E-state index is 14.3. The Morgan fingerprint density at radius 1 is 1.31 bits per heavy atom. The summed E-state index contributed by atoms with van der Waals surface area (Å²) in [6, 6.07) is 3.35. The van der Waals surface area contributed by atoms with Crippen LogP contribution in [0.3, 0.4) is 0 Å². The Hall–Kier alpha value is -2.57. The molecule has 6 nitrogen and oxygen atoms in total. The maximum Gasteiger partial charge on any atom is 0.331 e. The lowest BCUT2D eigenvalue weighted by atomic mass is 9.41. The van der Waals surface area contributed by atoms with Crippen LogP contribution in [0.5, 0.6) is 0 Å². The van der Waals surface area contributed by atoms with Crippen LogP contribution in [-0.4, -0.2) is 41.3 Å². The summed E-state index contributed by atoms with van der Waals surface area (Å²) >= 11 is 5.93. The lowest BCUT2D eigenvalue weighted by Gasteiger charge is -2.59. The fourth-order valence-electron chi connectivity index (χ4n) is 8.06. The van der Waals surface area contributed by atoms with Crippen molar-refractivity contribution in [2.75, 3.05) is 6.61 Å². The minimum Gasteiger partial charge on any atom is -0.457 e. The van der Waals surface area contributed by atoms with Gasteiger partial charge in [-0.15, -0.1) is 0 Å². The van der Waals surface area contributed by atoms with E-state index in [1.807, 2.05) is 0 Å². The van der Waals surface area contributed by atoms with E-state index in [1.54, 1.807) is 24.4 Å². The lowest BCUT2D eigenvalue weighted by molar-refractivity contribution is -0.187. The Labute approximate surface area is 209 Å². The van der Waals surface area contributed by atoms with Gasteiger partial charge in [0, 0.05) is 29.5 Å².